The lowest BCUT2D eigenvalue weighted by Crippen LogP contribution is -2.09. The molecule has 0 radical (unpaired) electrons. The van der Waals surface area contributed by atoms with E-state index in [0.717, 1.165) is 22.7 Å². The Hall–Kier alpha value is -8.98. The molecule has 2 nitrogen and oxygen atoms in total. The van der Waals surface area contributed by atoms with Crippen molar-refractivity contribution in [3.63, 3.8) is 0 Å². The van der Waals surface area contributed by atoms with Crippen LogP contribution < -0.4 is 4.90 Å². The fourth-order valence-electron chi connectivity index (χ4n) is 10.4. The van der Waals surface area contributed by atoms with Gasteiger partial charge < -0.3 is 9.47 Å². The van der Waals surface area contributed by atoms with Gasteiger partial charge in [0.1, 0.15) is 0 Å². The van der Waals surface area contributed by atoms with E-state index in [0.29, 0.717) is 0 Å². The van der Waals surface area contributed by atoms with Crippen LogP contribution in [0.25, 0.3) is 104 Å². The van der Waals surface area contributed by atoms with Gasteiger partial charge in [-0.05, 0) is 150 Å². The van der Waals surface area contributed by atoms with Gasteiger partial charge in [-0.25, -0.2) is 0 Å². The van der Waals surface area contributed by atoms with E-state index in [2.05, 4.69) is 276 Å². The Morgan fingerprint density at radius 3 is 1.18 bits per heavy atom. The molecule has 0 unspecified atom stereocenters. The van der Waals surface area contributed by atoms with E-state index in [4.69, 9.17) is 0 Å². The Morgan fingerprint density at radius 1 is 0.235 bits per heavy atom. The van der Waals surface area contributed by atoms with Crippen LogP contribution in [0.1, 0.15) is 0 Å². The summed E-state index contributed by atoms with van der Waals surface area (Å²) < 4.78 is 2.37. The first-order valence-corrected chi connectivity index (χ1v) is 23.4. The molecule has 0 saturated heterocycles. The molecule has 0 aliphatic carbocycles. The number of hydrogen-bond acceptors (Lipinski definition) is 1. The van der Waals surface area contributed by atoms with Crippen LogP contribution in [0, 0.1) is 0 Å². The Bertz CT molecular complexity index is 3920. The highest BCUT2D eigenvalue weighted by atomic mass is 15.1. The number of rotatable bonds is 8. The van der Waals surface area contributed by atoms with Gasteiger partial charge in [0.25, 0.3) is 0 Å². The summed E-state index contributed by atoms with van der Waals surface area (Å²) >= 11 is 0. The van der Waals surface area contributed by atoms with Crippen molar-refractivity contribution in [3.05, 3.63) is 267 Å². The van der Waals surface area contributed by atoms with Crippen molar-refractivity contribution in [1.29, 1.82) is 0 Å². The molecule has 2 heteroatoms. The van der Waals surface area contributed by atoms with Crippen molar-refractivity contribution in [2.24, 2.45) is 0 Å². The van der Waals surface area contributed by atoms with Gasteiger partial charge in [-0.15, -0.1) is 0 Å². The van der Waals surface area contributed by atoms with Crippen molar-refractivity contribution in [2.75, 3.05) is 4.90 Å². The standard InChI is InChI=1S/C66H44N2/c1-2-12-52-43-53(26-25-45(52)11-1)50-23-21-46(22-24-50)47-27-35-55(36-28-47)67(57-41-33-51(34-42-57)64-44-54-13-3-4-14-59(54)60-15-5-6-16-61(60)64)56-37-29-48(30-38-56)49-31-39-58(40-32-49)68-65-19-9-7-17-62(65)63-18-8-10-20-66(63)68/h1-44H. The quantitative estimate of drug-likeness (QED) is 0.138. The normalized spacial score (nSPS) is 11.5. The van der Waals surface area contributed by atoms with E-state index in [1.807, 2.05) is 0 Å². The van der Waals surface area contributed by atoms with Crippen molar-refractivity contribution >= 4 is 71.2 Å². The molecule has 13 aromatic rings. The molecule has 13 rings (SSSR count). The zero-order valence-electron chi connectivity index (χ0n) is 37.3. The Kier molecular flexibility index (Phi) is 9.54. The molecule has 0 aliphatic rings. The summed E-state index contributed by atoms with van der Waals surface area (Å²) in [5.41, 5.74) is 16.4. The minimum absolute atomic E-state index is 1.09. The predicted molar refractivity (Wildman–Crippen MR) is 290 cm³/mol. The van der Waals surface area contributed by atoms with E-state index in [9.17, 15) is 0 Å². The molecule has 0 N–H and O–H groups in total. The highest BCUT2D eigenvalue weighted by Crippen LogP contribution is 2.41. The monoisotopic (exact) mass is 864 g/mol. The molecule has 1 heterocycles. The summed E-state index contributed by atoms with van der Waals surface area (Å²) in [6, 6.07) is 97.4. The van der Waals surface area contributed by atoms with Crippen molar-refractivity contribution in [1.82, 2.24) is 4.57 Å². The maximum Gasteiger partial charge on any atom is 0.0541 e. The molecule has 1 aromatic heterocycles. The molecule has 0 spiro atoms. The second-order valence-corrected chi connectivity index (χ2v) is 17.7. The summed E-state index contributed by atoms with van der Waals surface area (Å²) in [5, 5.41) is 10.1. The van der Waals surface area contributed by atoms with Crippen LogP contribution in [0.3, 0.4) is 0 Å². The molecule has 12 aromatic carbocycles. The summed E-state index contributed by atoms with van der Waals surface area (Å²) in [6.07, 6.45) is 0. The lowest BCUT2D eigenvalue weighted by atomic mass is 9.93. The first kappa shape index (κ1) is 39.4. The molecular formula is C66H44N2. The Labute approximate surface area is 395 Å². The number of benzene rings is 12. The molecule has 0 aliphatic heterocycles. The van der Waals surface area contributed by atoms with Crippen LogP contribution in [0.15, 0.2) is 267 Å². The fraction of sp³-hybridized carbons (Fsp3) is 0. The van der Waals surface area contributed by atoms with Gasteiger partial charge in [-0.1, -0.05) is 194 Å². The van der Waals surface area contributed by atoms with E-state index in [-0.39, 0.29) is 0 Å². The van der Waals surface area contributed by atoms with Crippen LogP contribution in [0.2, 0.25) is 0 Å². The van der Waals surface area contributed by atoms with E-state index in [1.165, 1.54) is 98.6 Å². The van der Waals surface area contributed by atoms with Gasteiger partial charge in [-0.3, -0.25) is 0 Å². The van der Waals surface area contributed by atoms with Crippen LogP contribution in [-0.4, -0.2) is 4.57 Å². The first-order valence-electron chi connectivity index (χ1n) is 23.4. The molecule has 0 saturated carbocycles. The predicted octanol–water partition coefficient (Wildman–Crippen LogP) is 18.4. The van der Waals surface area contributed by atoms with Gasteiger partial charge in [-0.2, -0.15) is 0 Å². The third-order valence-electron chi connectivity index (χ3n) is 13.8. The van der Waals surface area contributed by atoms with Gasteiger partial charge in [0.2, 0.25) is 0 Å². The number of para-hydroxylation sites is 2. The highest BCUT2D eigenvalue weighted by molar-refractivity contribution is 6.14. The van der Waals surface area contributed by atoms with Crippen LogP contribution in [0.4, 0.5) is 17.1 Å². The second kappa shape index (κ2) is 16.5. The molecular weight excluding hydrogens is 821 g/mol. The zero-order valence-corrected chi connectivity index (χ0v) is 37.3. The molecule has 68 heavy (non-hydrogen) atoms. The molecule has 318 valence electrons. The number of fused-ring (bicyclic) bond motifs is 7. The average molecular weight is 865 g/mol. The lowest BCUT2D eigenvalue weighted by Gasteiger charge is -2.26. The minimum atomic E-state index is 1.09. The minimum Gasteiger partial charge on any atom is -0.311 e. The molecule has 0 bridgehead atoms. The number of nitrogens with zero attached hydrogens (tertiary/aromatic N) is 2. The maximum absolute atomic E-state index is 2.37. The number of anilines is 3. The van der Waals surface area contributed by atoms with Gasteiger partial charge >= 0.3 is 0 Å². The summed E-state index contributed by atoms with van der Waals surface area (Å²) in [4.78, 5) is 2.37. The summed E-state index contributed by atoms with van der Waals surface area (Å²) in [6.45, 7) is 0. The smallest absolute Gasteiger partial charge is 0.0541 e. The van der Waals surface area contributed by atoms with E-state index >= 15 is 0 Å². The fourth-order valence-corrected chi connectivity index (χ4v) is 10.4. The van der Waals surface area contributed by atoms with Crippen molar-refractivity contribution in [3.8, 4) is 50.2 Å². The molecule has 0 amide bonds. The van der Waals surface area contributed by atoms with Crippen LogP contribution >= 0.6 is 0 Å². The molecule has 0 fully saturated rings. The second-order valence-electron chi connectivity index (χ2n) is 17.7. The number of hydrogen-bond donors (Lipinski definition) is 0. The van der Waals surface area contributed by atoms with Crippen LogP contribution in [-0.2, 0) is 0 Å². The third-order valence-corrected chi connectivity index (χ3v) is 13.8. The lowest BCUT2D eigenvalue weighted by molar-refractivity contribution is 1.18. The topological polar surface area (TPSA) is 8.17 Å². The zero-order chi connectivity index (χ0) is 45.0. The van der Waals surface area contributed by atoms with Gasteiger partial charge in [0.15, 0.2) is 0 Å². The summed E-state index contributed by atoms with van der Waals surface area (Å²) in [7, 11) is 0. The van der Waals surface area contributed by atoms with Crippen LogP contribution in [0.5, 0.6) is 0 Å². The summed E-state index contributed by atoms with van der Waals surface area (Å²) in [5.74, 6) is 0. The van der Waals surface area contributed by atoms with Crippen molar-refractivity contribution in [2.45, 2.75) is 0 Å². The average Bonchev–Trinajstić information content (AvgIpc) is 3.76. The maximum atomic E-state index is 2.37. The van der Waals surface area contributed by atoms with Gasteiger partial charge in [0, 0.05) is 33.5 Å². The SMILES string of the molecule is c1ccc2cc(-c3ccc(-c4ccc(N(c5ccc(-c6ccc(-n7c8ccccc8c8ccccc87)cc6)cc5)c5ccc(-c6cc7ccccc7c7ccccc67)cc5)cc4)cc3)ccc2c1. The first-order chi connectivity index (χ1) is 33.7. The van der Waals surface area contributed by atoms with E-state index in [1.54, 1.807) is 0 Å². The Balaban J connectivity index is 0.843. The largest absolute Gasteiger partial charge is 0.311 e. The Morgan fingerprint density at radius 2 is 0.618 bits per heavy atom. The van der Waals surface area contributed by atoms with Crippen molar-refractivity contribution < 1.29 is 0 Å². The number of aromatic nitrogens is 1. The highest BCUT2D eigenvalue weighted by Gasteiger charge is 2.16. The van der Waals surface area contributed by atoms with E-state index < -0.39 is 0 Å². The third kappa shape index (κ3) is 6.90. The van der Waals surface area contributed by atoms with Gasteiger partial charge in [0.05, 0.1) is 11.0 Å². The molecule has 0 atom stereocenters.